The van der Waals surface area contributed by atoms with Crippen molar-refractivity contribution in [1.82, 2.24) is 9.99 Å². The Morgan fingerprint density at radius 1 is 1.19 bits per heavy atom. The molecule has 0 aliphatic rings. The SMILES string of the molecule is CCCc1csc(NC(=S)N(N)Cc2cccnc2)c1C(=O)c1ccc(NC(C)=O)cc1. The zero-order chi connectivity index (χ0) is 23.1. The third-order valence-electron chi connectivity index (χ3n) is 4.64. The van der Waals surface area contributed by atoms with Crippen LogP contribution < -0.4 is 16.5 Å². The van der Waals surface area contributed by atoms with Gasteiger partial charge in [0.15, 0.2) is 10.9 Å². The molecular weight excluding hydrogens is 442 g/mol. The van der Waals surface area contributed by atoms with E-state index in [1.807, 2.05) is 17.5 Å². The number of amides is 1. The Labute approximate surface area is 196 Å². The molecule has 1 aromatic carbocycles. The van der Waals surface area contributed by atoms with Crippen molar-refractivity contribution in [3.05, 3.63) is 76.4 Å². The second-order valence-electron chi connectivity index (χ2n) is 7.22. The molecule has 1 amide bonds. The number of benzene rings is 1. The van der Waals surface area contributed by atoms with E-state index >= 15 is 0 Å². The number of thiophene rings is 1. The smallest absolute Gasteiger partial charge is 0.221 e. The molecule has 7 nitrogen and oxygen atoms in total. The van der Waals surface area contributed by atoms with Crippen LogP contribution in [0.4, 0.5) is 10.7 Å². The van der Waals surface area contributed by atoms with Gasteiger partial charge in [0.05, 0.1) is 12.1 Å². The number of thiocarbonyl (C=S) groups is 1. The number of nitrogens with one attached hydrogen (secondary N) is 2. The lowest BCUT2D eigenvalue weighted by Crippen LogP contribution is -2.39. The van der Waals surface area contributed by atoms with Gasteiger partial charge >= 0.3 is 0 Å². The summed E-state index contributed by atoms with van der Waals surface area (Å²) in [4.78, 5) is 28.7. The monoisotopic (exact) mass is 467 g/mol. The lowest BCUT2D eigenvalue weighted by Gasteiger charge is -2.20. The normalized spacial score (nSPS) is 10.5. The Morgan fingerprint density at radius 3 is 2.56 bits per heavy atom. The number of rotatable bonds is 8. The largest absolute Gasteiger partial charge is 0.326 e. The summed E-state index contributed by atoms with van der Waals surface area (Å²) in [6.07, 6.45) is 5.11. The summed E-state index contributed by atoms with van der Waals surface area (Å²) in [5.41, 5.74) is 3.66. The van der Waals surface area contributed by atoms with Gasteiger partial charge in [-0.2, -0.15) is 0 Å². The van der Waals surface area contributed by atoms with Gasteiger partial charge in [0.1, 0.15) is 5.00 Å². The van der Waals surface area contributed by atoms with Crippen LogP contribution in [0.5, 0.6) is 0 Å². The zero-order valence-electron chi connectivity index (χ0n) is 17.9. The van der Waals surface area contributed by atoms with E-state index in [2.05, 4.69) is 22.5 Å². The standard InChI is InChI=1S/C23H25N5O2S2/c1-3-5-18-14-32-22(27-23(31)28(24)13-16-6-4-11-25-12-16)20(18)21(30)17-7-9-19(10-8-17)26-15(2)29/h4,6-12,14H,3,5,13,24H2,1-2H3,(H,26,29)(H,27,31). The molecule has 4 N–H and O–H groups in total. The Balaban J connectivity index is 1.81. The van der Waals surface area contributed by atoms with Crippen LogP contribution in [0.2, 0.25) is 0 Å². The highest BCUT2D eigenvalue weighted by molar-refractivity contribution is 7.80. The summed E-state index contributed by atoms with van der Waals surface area (Å²) in [6.45, 7) is 3.90. The van der Waals surface area contributed by atoms with Gasteiger partial charge in [-0.25, -0.2) is 5.84 Å². The highest BCUT2D eigenvalue weighted by Gasteiger charge is 2.22. The number of ketones is 1. The van der Waals surface area contributed by atoms with Crippen molar-refractivity contribution in [3.8, 4) is 0 Å². The molecule has 3 aromatic rings. The Morgan fingerprint density at radius 2 is 1.94 bits per heavy atom. The van der Waals surface area contributed by atoms with Crippen molar-refractivity contribution in [2.24, 2.45) is 5.84 Å². The molecule has 2 aromatic heterocycles. The van der Waals surface area contributed by atoms with Crippen LogP contribution in [0.15, 0.2) is 54.2 Å². The second kappa shape index (κ2) is 10.9. The number of hydrogen-bond acceptors (Lipinski definition) is 6. The number of aromatic nitrogens is 1. The molecule has 0 atom stereocenters. The van der Waals surface area contributed by atoms with Gasteiger partial charge in [0.2, 0.25) is 5.91 Å². The fraction of sp³-hybridized carbons (Fsp3) is 0.217. The minimum Gasteiger partial charge on any atom is -0.326 e. The van der Waals surface area contributed by atoms with Crippen molar-refractivity contribution < 1.29 is 9.59 Å². The van der Waals surface area contributed by atoms with Crippen molar-refractivity contribution in [2.45, 2.75) is 33.2 Å². The third-order valence-corrected chi connectivity index (χ3v) is 5.92. The maximum Gasteiger partial charge on any atom is 0.221 e. The topological polar surface area (TPSA) is 100 Å². The molecule has 0 fully saturated rings. The number of pyridine rings is 1. The maximum absolute atomic E-state index is 13.4. The number of hydrazine groups is 1. The molecule has 0 radical (unpaired) electrons. The molecule has 0 unspecified atom stereocenters. The van der Waals surface area contributed by atoms with E-state index < -0.39 is 0 Å². The van der Waals surface area contributed by atoms with E-state index in [-0.39, 0.29) is 11.7 Å². The summed E-state index contributed by atoms with van der Waals surface area (Å²) in [7, 11) is 0. The molecule has 2 heterocycles. The Bertz CT molecular complexity index is 1100. The number of nitrogens with zero attached hydrogens (tertiary/aromatic N) is 2. The van der Waals surface area contributed by atoms with Crippen molar-refractivity contribution in [3.63, 3.8) is 0 Å². The van der Waals surface area contributed by atoms with Gasteiger partial charge in [0, 0.05) is 30.6 Å². The van der Waals surface area contributed by atoms with Crippen LogP contribution in [-0.4, -0.2) is 26.8 Å². The number of nitrogens with two attached hydrogens (primary N) is 1. The minimum atomic E-state index is -0.162. The summed E-state index contributed by atoms with van der Waals surface area (Å²) in [5.74, 6) is 5.87. The molecule has 0 bridgehead atoms. The molecular formula is C23H25N5O2S2. The number of anilines is 2. The van der Waals surface area contributed by atoms with Crippen molar-refractivity contribution in [1.29, 1.82) is 0 Å². The Hall–Kier alpha value is -3.14. The van der Waals surface area contributed by atoms with E-state index in [0.29, 0.717) is 33.5 Å². The number of carbonyl (C=O) groups is 2. The molecule has 0 aliphatic carbocycles. The summed E-state index contributed by atoms with van der Waals surface area (Å²) >= 11 is 6.91. The zero-order valence-corrected chi connectivity index (χ0v) is 19.6. The lowest BCUT2D eigenvalue weighted by atomic mass is 9.99. The van der Waals surface area contributed by atoms with Crippen LogP contribution in [0.1, 0.15) is 47.3 Å². The van der Waals surface area contributed by atoms with E-state index in [1.54, 1.807) is 36.7 Å². The Kier molecular flexibility index (Phi) is 8.04. The summed E-state index contributed by atoms with van der Waals surface area (Å²) < 4.78 is 0. The average Bonchev–Trinajstić information content (AvgIpc) is 3.16. The molecule has 0 aliphatic heterocycles. The van der Waals surface area contributed by atoms with Crippen LogP contribution in [0.25, 0.3) is 0 Å². The number of carbonyl (C=O) groups excluding carboxylic acids is 2. The molecule has 32 heavy (non-hydrogen) atoms. The van der Waals surface area contributed by atoms with E-state index in [0.717, 1.165) is 24.0 Å². The first-order chi connectivity index (χ1) is 15.4. The first kappa shape index (κ1) is 23.5. The van der Waals surface area contributed by atoms with Crippen LogP contribution in [-0.2, 0) is 17.8 Å². The number of hydrogen-bond donors (Lipinski definition) is 3. The van der Waals surface area contributed by atoms with Gasteiger partial charge in [-0.15, -0.1) is 11.3 Å². The van der Waals surface area contributed by atoms with E-state index in [4.69, 9.17) is 18.1 Å². The molecule has 0 saturated heterocycles. The molecule has 0 saturated carbocycles. The fourth-order valence-corrected chi connectivity index (χ4v) is 4.39. The van der Waals surface area contributed by atoms with Crippen LogP contribution >= 0.6 is 23.6 Å². The summed E-state index contributed by atoms with van der Waals surface area (Å²) in [6, 6.07) is 10.6. The first-order valence-corrected chi connectivity index (χ1v) is 11.4. The quantitative estimate of drug-likeness (QED) is 0.196. The van der Waals surface area contributed by atoms with Crippen molar-refractivity contribution in [2.75, 3.05) is 10.6 Å². The van der Waals surface area contributed by atoms with Gasteiger partial charge in [-0.05, 0) is 65.5 Å². The van der Waals surface area contributed by atoms with Crippen molar-refractivity contribution >= 4 is 51.0 Å². The molecule has 0 spiro atoms. The van der Waals surface area contributed by atoms with Crippen LogP contribution in [0, 0.1) is 0 Å². The highest BCUT2D eigenvalue weighted by atomic mass is 32.1. The third kappa shape index (κ3) is 5.97. The fourth-order valence-electron chi connectivity index (χ4n) is 3.17. The number of aryl methyl sites for hydroxylation is 1. The second-order valence-corrected chi connectivity index (χ2v) is 8.49. The van der Waals surface area contributed by atoms with Gasteiger partial charge in [-0.3, -0.25) is 19.6 Å². The van der Waals surface area contributed by atoms with E-state index in [1.165, 1.54) is 23.3 Å². The predicted octanol–water partition coefficient (Wildman–Crippen LogP) is 4.36. The first-order valence-electron chi connectivity index (χ1n) is 10.1. The van der Waals surface area contributed by atoms with E-state index in [9.17, 15) is 9.59 Å². The summed E-state index contributed by atoms with van der Waals surface area (Å²) in [5, 5.41) is 10.2. The highest BCUT2D eigenvalue weighted by Crippen LogP contribution is 2.32. The molecule has 3 rings (SSSR count). The maximum atomic E-state index is 13.4. The molecule has 9 heteroatoms. The lowest BCUT2D eigenvalue weighted by molar-refractivity contribution is -0.114. The minimum absolute atomic E-state index is 0.106. The van der Waals surface area contributed by atoms with Gasteiger partial charge < -0.3 is 10.6 Å². The van der Waals surface area contributed by atoms with Gasteiger partial charge in [0.25, 0.3) is 0 Å². The van der Waals surface area contributed by atoms with Gasteiger partial charge in [-0.1, -0.05) is 19.4 Å². The predicted molar refractivity (Wildman–Crippen MR) is 133 cm³/mol. The van der Waals surface area contributed by atoms with Crippen LogP contribution in [0.3, 0.4) is 0 Å². The average molecular weight is 468 g/mol. The molecule has 166 valence electrons.